The van der Waals surface area contributed by atoms with E-state index in [0.29, 0.717) is 12.0 Å². The Kier molecular flexibility index (Phi) is 6.91. The van der Waals surface area contributed by atoms with Crippen LogP contribution in [-0.2, 0) is 6.54 Å². The van der Waals surface area contributed by atoms with Gasteiger partial charge in [0.25, 0.3) is 0 Å². The number of aromatic nitrogens is 1. The minimum Gasteiger partial charge on any atom is -0.315 e. The van der Waals surface area contributed by atoms with Crippen LogP contribution in [0.5, 0.6) is 0 Å². The summed E-state index contributed by atoms with van der Waals surface area (Å²) in [5, 5.41) is 3.52. The van der Waals surface area contributed by atoms with Gasteiger partial charge in [0.1, 0.15) is 0 Å². The third kappa shape index (κ3) is 5.15. The average molecular weight is 249 g/mol. The summed E-state index contributed by atoms with van der Waals surface area (Å²) in [5.41, 5.74) is 1.14. The van der Waals surface area contributed by atoms with Gasteiger partial charge in [0.05, 0.1) is 5.69 Å². The van der Waals surface area contributed by atoms with Crippen molar-refractivity contribution in [3.8, 4) is 0 Å². The number of nitrogens with zero attached hydrogens (tertiary/aromatic N) is 2. The first-order chi connectivity index (χ1) is 8.65. The Hall–Kier alpha value is -0.930. The van der Waals surface area contributed by atoms with E-state index in [4.69, 9.17) is 0 Å². The Morgan fingerprint density at radius 1 is 1.33 bits per heavy atom. The molecule has 1 rings (SSSR count). The van der Waals surface area contributed by atoms with Gasteiger partial charge in [-0.25, -0.2) is 0 Å². The van der Waals surface area contributed by atoms with Gasteiger partial charge in [0.2, 0.25) is 0 Å². The summed E-state index contributed by atoms with van der Waals surface area (Å²) in [6, 6.07) is 6.66. The number of hydrogen-bond donors (Lipinski definition) is 1. The molecule has 3 nitrogen and oxygen atoms in total. The quantitative estimate of drug-likeness (QED) is 0.718. The Morgan fingerprint density at radius 3 is 2.67 bits per heavy atom. The standard InChI is InChI=1S/C15H27N3/c1-5-9-16-11-15(13(2)3)18(4)12-14-8-6-7-10-17-14/h6-8,10,13,15-16H,5,9,11-12H2,1-4H3. The molecule has 1 aromatic heterocycles. The second-order valence-electron chi connectivity index (χ2n) is 5.25. The van der Waals surface area contributed by atoms with Crippen LogP contribution in [0.3, 0.4) is 0 Å². The van der Waals surface area contributed by atoms with E-state index in [1.54, 1.807) is 0 Å². The monoisotopic (exact) mass is 249 g/mol. The van der Waals surface area contributed by atoms with Crippen LogP contribution in [0.15, 0.2) is 24.4 Å². The van der Waals surface area contributed by atoms with E-state index in [1.165, 1.54) is 6.42 Å². The summed E-state index contributed by atoms with van der Waals surface area (Å²) in [6.45, 7) is 9.84. The summed E-state index contributed by atoms with van der Waals surface area (Å²) in [7, 11) is 2.19. The molecule has 0 bridgehead atoms. The molecule has 102 valence electrons. The maximum Gasteiger partial charge on any atom is 0.0543 e. The van der Waals surface area contributed by atoms with E-state index in [1.807, 2.05) is 12.3 Å². The third-order valence-corrected chi connectivity index (χ3v) is 3.25. The van der Waals surface area contributed by atoms with Crippen LogP contribution in [0.1, 0.15) is 32.9 Å². The topological polar surface area (TPSA) is 28.2 Å². The zero-order chi connectivity index (χ0) is 13.4. The number of hydrogen-bond acceptors (Lipinski definition) is 3. The van der Waals surface area contributed by atoms with Crippen molar-refractivity contribution in [1.29, 1.82) is 0 Å². The van der Waals surface area contributed by atoms with Gasteiger partial charge in [-0.1, -0.05) is 26.8 Å². The molecule has 0 spiro atoms. The molecular weight excluding hydrogens is 222 g/mol. The van der Waals surface area contributed by atoms with Crippen molar-refractivity contribution in [1.82, 2.24) is 15.2 Å². The maximum atomic E-state index is 4.39. The van der Waals surface area contributed by atoms with Crippen LogP contribution in [0.25, 0.3) is 0 Å². The Balaban J connectivity index is 2.51. The molecule has 3 heteroatoms. The lowest BCUT2D eigenvalue weighted by Crippen LogP contribution is -2.43. The van der Waals surface area contributed by atoms with Crippen LogP contribution in [-0.4, -0.2) is 36.1 Å². The van der Waals surface area contributed by atoms with Crippen molar-refractivity contribution in [3.05, 3.63) is 30.1 Å². The lowest BCUT2D eigenvalue weighted by atomic mass is 10.0. The molecule has 0 aromatic carbocycles. The fourth-order valence-corrected chi connectivity index (χ4v) is 2.19. The van der Waals surface area contributed by atoms with Gasteiger partial charge in [0.15, 0.2) is 0 Å². The van der Waals surface area contributed by atoms with E-state index >= 15 is 0 Å². The lowest BCUT2D eigenvalue weighted by molar-refractivity contribution is 0.178. The van der Waals surface area contributed by atoms with E-state index in [2.05, 4.69) is 55.2 Å². The molecule has 18 heavy (non-hydrogen) atoms. The molecule has 1 atom stereocenters. The fraction of sp³-hybridized carbons (Fsp3) is 0.667. The van der Waals surface area contributed by atoms with Crippen molar-refractivity contribution >= 4 is 0 Å². The highest BCUT2D eigenvalue weighted by atomic mass is 15.2. The largest absolute Gasteiger partial charge is 0.315 e. The van der Waals surface area contributed by atoms with Crippen molar-refractivity contribution in [2.24, 2.45) is 5.92 Å². The van der Waals surface area contributed by atoms with Crippen molar-refractivity contribution in [2.75, 3.05) is 20.1 Å². The van der Waals surface area contributed by atoms with Crippen molar-refractivity contribution in [2.45, 2.75) is 39.8 Å². The molecule has 0 amide bonds. The first kappa shape index (κ1) is 15.1. The highest BCUT2D eigenvalue weighted by molar-refractivity contribution is 5.03. The number of rotatable bonds is 8. The van der Waals surface area contributed by atoms with E-state index in [-0.39, 0.29) is 0 Å². The second-order valence-corrected chi connectivity index (χ2v) is 5.25. The summed E-state index contributed by atoms with van der Waals surface area (Å²) < 4.78 is 0. The molecule has 0 aliphatic heterocycles. The molecule has 1 N–H and O–H groups in total. The minimum atomic E-state index is 0.554. The van der Waals surface area contributed by atoms with Gasteiger partial charge in [-0.15, -0.1) is 0 Å². The highest BCUT2D eigenvalue weighted by Crippen LogP contribution is 2.11. The summed E-state index contributed by atoms with van der Waals surface area (Å²) in [5.74, 6) is 0.642. The van der Waals surface area contributed by atoms with Gasteiger partial charge in [0, 0.05) is 25.3 Å². The number of likely N-dealkylation sites (N-methyl/N-ethyl adjacent to an activating group) is 1. The van der Waals surface area contributed by atoms with Gasteiger partial charge in [-0.3, -0.25) is 9.88 Å². The summed E-state index contributed by atoms with van der Waals surface area (Å²) in [4.78, 5) is 6.79. The fourth-order valence-electron chi connectivity index (χ4n) is 2.19. The molecule has 1 unspecified atom stereocenters. The molecule has 0 saturated carbocycles. The molecule has 0 radical (unpaired) electrons. The number of nitrogens with one attached hydrogen (secondary N) is 1. The summed E-state index contributed by atoms with van der Waals surface area (Å²) >= 11 is 0. The first-order valence-electron chi connectivity index (χ1n) is 6.96. The maximum absolute atomic E-state index is 4.39. The molecule has 1 heterocycles. The predicted molar refractivity (Wildman–Crippen MR) is 77.5 cm³/mol. The minimum absolute atomic E-state index is 0.554. The van der Waals surface area contributed by atoms with Crippen LogP contribution < -0.4 is 5.32 Å². The summed E-state index contributed by atoms with van der Waals surface area (Å²) in [6.07, 6.45) is 3.05. The molecule has 0 fully saturated rings. The smallest absolute Gasteiger partial charge is 0.0543 e. The first-order valence-corrected chi connectivity index (χ1v) is 6.96. The number of pyridine rings is 1. The van der Waals surface area contributed by atoms with Crippen molar-refractivity contribution < 1.29 is 0 Å². The SMILES string of the molecule is CCCNCC(C(C)C)N(C)Cc1ccccn1. The molecule has 0 aliphatic carbocycles. The van der Waals surface area contributed by atoms with Gasteiger partial charge >= 0.3 is 0 Å². The molecule has 0 saturated heterocycles. The zero-order valence-electron chi connectivity index (χ0n) is 12.2. The van der Waals surface area contributed by atoms with E-state index < -0.39 is 0 Å². The van der Waals surface area contributed by atoms with Crippen LogP contribution in [0.4, 0.5) is 0 Å². The molecular formula is C15H27N3. The van der Waals surface area contributed by atoms with Crippen LogP contribution >= 0.6 is 0 Å². The van der Waals surface area contributed by atoms with Gasteiger partial charge in [-0.2, -0.15) is 0 Å². The van der Waals surface area contributed by atoms with Crippen LogP contribution in [0, 0.1) is 5.92 Å². The normalized spacial score (nSPS) is 13.2. The highest BCUT2D eigenvalue weighted by Gasteiger charge is 2.18. The van der Waals surface area contributed by atoms with Crippen molar-refractivity contribution in [3.63, 3.8) is 0 Å². The third-order valence-electron chi connectivity index (χ3n) is 3.25. The van der Waals surface area contributed by atoms with Gasteiger partial charge in [-0.05, 0) is 38.1 Å². The second kappa shape index (κ2) is 8.22. The Bertz CT molecular complexity index is 311. The lowest BCUT2D eigenvalue weighted by Gasteiger charge is -2.31. The van der Waals surface area contributed by atoms with Gasteiger partial charge < -0.3 is 5.32 Å². The average Bonchev–Trinajstić information content (AvgIpc) is 2.35. The predicted octanol–water partition coefficient (Wildman–Crippen LogP) is 2.54. The Labute approximate surface area is 112 Å². The van der Waals surface area contributed by atoms with E-state index in [9.17, 15) is 0 Å². The van der Waals surface area contributed by atoms with Crippen LogP contribution in [0.2, 0.25) is 0 Å². The molecule has 1 aromatic rings. The Morgan fingerprint density at radius 2 is 2.11 bits per heavy atom. The zero-order valence-corrected chi connectivity index (χ0v) is 12.2. The van der Waals surface area contributed by atoms with E-state index in [0.717, 1.165) is 25.3 Å². The molecule has 0 aliphatic rings.